The van der Waals surface area contributed by atoms with E-state index in [1.165, 1.54) is 25.7 Å². The third-order valence-electron chi connectivity index (χ3n) is 3.71. The number of carbonyl (C=O) groups is 1. The van der Waals surface area contributed by atoms with E-state index in [9.17, 15) is 4.79 Å². The lowest BCUT2D eigenvalue weighted by Gasteiger charge is -2.31. The Morgan fingerprint density at radius 2 is 1.94 bits per heavy atom. The molecule has 4 nitrogen and oxygen atoms in total. The average Bonchev–Trinajstić information content (AvgIpc) is 2.66. The highest BCUT2D eigenvalue weighted by Gasteiger charge is 2.23. The van der Waals surface area contributed by atoms with Gasteiger partial charge in [0, 0.05) is 19.7 Å². The van der Waals surface area contributed by atoms with Crippen molar-refractivity contribution in [2.75, 3.05) is 26.8 Å². The van der Waals surface area contributed by atoms with E-state index in [0.717, 1.165) is 25.8 Å². The Morgan fingerprint density at radius 3 is 2.50 bits per heavy atom. The smallest absolute Gasteiger partial charge is 0.225 e. The third kappa shape index (κ3) is 5.36. The zero-order chi connectivity index (χ0) is 13.2. The summed E-state index contributed by atoms with van der Waals surface area (Å²) in [6, 6.07) is 0.434. The molecule has 0 aromatic rings. The van der Waals surface area contributed by atoms with Crippen molar-refractivity contribution in [2.45, 2.75) is 57.4 Å². The van der Waals surface area contributed by atoms with Gasteiger partial charge in [-0.2, -0.15) is 0 Å². The largest absolute Gasteiger partial charge is 0.384 e. The van der Waals surface area contributed by atoms with Crippen molar-refractivity contribution in [3.63, 3.8) is 0 Å². The van der Waals surface area contributed by atoms with E-state index in [2.05, 4.69) is 4.90 Å². The lowest BCUT2D eigenvalue weighted by Crippen LogP contribution is -2.41. The first-order chi connectivity index (χ1) is 8.79. The van der Waals surface area contributed by atoms with E-state index in [0.29, 0.717) is 25.6 Å². The molecule has 1 fully saturated rings. The van der Waals surface area contributed by atoms with Gasteiger partial charge in [0.05, 0.1) is 13.0 Å². The van der Waals surface area contributed by atoms with Crippen LogP contribution in [0, 0.1) is 0 Å². The molecule has 4 heteroatoms. The Labute approximate surface area is 111 Å². The van der Waals surface area contributed by atoms with Gasteiger partial charge in [-0.05, 0) is 25.8 Å². The van der Waals surface area contributed by atoms with Crippen molar-refractivity contribution in [3.05, 3.63) is 0 Å². The Morgan fingerprint density at radius 1 is 1.28 bits per heavy atom. The minimum atomic E-state index is 0.234. The van der Waals surface area contributed by atoms with E-state index in [4.69, 9.17) is 10.5 Å². The number of methoxy groups -OCH3 is 1. The number of carbonyl (C=O) groups excluding carboxylic acids is 1. The molecule has 0 heterocycles. The van der Waals surface area contributed by atoms with Crippen LogP contribution in [0.3, 0.4) is 0 Å². The fraction of sp³-hybridized carbons (Fsp3) is 0.929. The minimum Gasteiger partial charge on any atom is -0.384 e. The van der Waals surface area contributed by atoms with Crippen molar-refractivity contribution >= 4 is 5.91 Å². The highest BCUT2D eigenvalue weighted by molar-refractivity contribution is 5.76. The molecule has 1 aliphatic rings. The number of nitrogens with zero attached hydrogens (tertiary/aromatic N) is 1. The standard InChI is InChI=1S/C14H28N2O2/c1-18-12-9-14(17)16(11-6-10-15)13-7-4-2-3-5-8-13/h13H,2-12,15H2,1H3. The number of rotatable bonds is 7. The second kappa shape index (κ2) is 9.34. The van der Waals surface area contributed by atoms with Gasteiger partial charge in [-0.1, -0.05) is 25.7 Å². The average molecular weight is 256 g/mol. The molecule has 0 bridgehead atoms. The lowest BCUT2D eigenvalue weighted by atomic mass is 10.1. The van der Waals surface area contributed by atoms with Gasteiger partial charge in [-0.15, -0.1) is 0 Å². The third-order valence-corrected chi connectivity index (χ3v) is 3.71. The van der Waals surface area contributed by atoms with Crippen molar-refractivity contribution in [3.8, 4) is 0 Å². The first kappa shape index (κ1) is 15.4. The zero-order valence-electron chi connectivity index (χ0n) is 11.7. The maximum atomic E-state index is 12.2. The highest BCUT2D eigenvalue weighted by atomic mass is 16.5. The first-order valence-corrected chi connectivity index (χ1v) is 7.28. The molecule has 0 aliphatic heterocycles. The molecule has 2 N–H and O–H groups in total. The molecule has 0 radical (unpaired) electrons. The molecule has 1 amide bonds. The normalized spacial score (nSPS) is 17.4. The SMILES string of the molecule is COCCC(=O)N(CCCN)C1CCCCCC1. The van der Waals surface area contributed by atoms with Crippen molar-refractivity contribution in [1.29, 1.82) is 0 Å². The molecule has 0 atom stereocenters. The Balaban J connectivity index is 2.53. The van der Waals surface area contributed by atoms with Crippen LogP contribution in [-0.4, -0.2) is 43.7 Å². The molecule has 18 heavy (non-hydrogen) atoms. The summed E-state index contributed by atoms with van der Waals surface area (Å²) in [5, 5.41) is 0. The summed E-state index contributed by atoms with van der Waals surface area (Å²) in [7, 11) is 1.64. The van der Waals surface area contributed by atoms with Crippen molar-refractivity contribution < 1.29 is 9.53 Å². The van der Waals surface area contributed by atoms with Crippen LogP contribution in [0.1, 0.15) is 51.4 Å². The van der Waals surface area contributed by atoms with Gasteiger partial charge >= 0.3 is 0 Å². The van der Waals surface area contributed by atoms with Crippen LogP contribution in [0.2, 0.25) is 0 Å². The summed E-state index contributed by atoms with van der Waals surface area (Å²) in [6.07, 6.45) is 8.84. The second-order valence-corrected chi connectivity index (χ2v) is 5.12. The van der Waals surface area contributed by atoms with E-state index in [-0.39, 0.29) is 5.91 Å². The van der Waals surface area contributed by atoms with Crippen molar-refractivity contribution in [1.82, 2.24) is 4.90 Å². The molecule has 0 unspecified atom stereocenters. The van der Waals surface area contributed by atoms with Gasteiger partial charge in [-0.3, -0.25) is 4.79 Å². The predicted octanol–water partition coefficient (Wildman–Crippen LogP) is 1.92. The summed E-state index contributed by atoms with van der Waals surface area (Å²) in [6.45, 7) is 1.98. The fourth-order valence-corrected chi connectivity index (χ4v) is 2.68. The fourth-order valence-electron chi connectivity index (χ4n) is 2.68. The first-order valence-electron chi connectivity index (χ1n) is 7.28. The number of nitrogens with two attached hydrogens (primary N) is 1. The second-order valence-electron chi connectivity index (χ2n) is 5.12. The number of hydrogen-bond acceptors (Lipinski definition) is 3. The van der Waals surface area contributed by atoms with Crippen LogP contribution in [0.5, 0.6) is 0 Å². The van der Waals surface area contributed by atoms with E-state index < -0.39 is 0 Å². The monoisotopic (exact) mass is 256 g/mol. The topological polar surface area (TPSA) is 55.6 Å². The van der Waals surface area contributed by atoms with E-state index in [1.54, 1.807) is 7.11 Å². The van der Waals surface area contributed by atoms with Gasteiger partial charge in [0.25, 0.3) is 0 Å². The van der Waals surface area contributed by atoms with Crippen molar-refractivity contribution in [2.24, 2.45) is 5.73 Å². The van der Waals surface area contributed by atoms with E-state index in [1.807, 2.05) is 0 Å². The van der Waals surface area contributed by atoms with E-state index >= 15 is 0 Å². The molecular weight excluding hydrogens is 228 g/mol. The molecule has 1 rings (SSSR count). The summed E-state index contributed by atoms with van der Waals surface area (Å²) >= 11 is 0. The molecule has 0 aromatic carbocycles. The van der Waals surface area contributed by atoms with Gasteiger partial charge in [0.15, 0.2) is 0 Å². The highest BCUT2D eigenvalue weighted by Crippen LogP contribution is 2.22. The number of amides is 1. The van der Waals surface area contributed by atoms with Crippen LogP contribution in [-0.2, 0) is 9.53 Å². The van der Waals surface area contributed by atoms with Crippen LogP contribution in [0.4, 0.5) is 0 Å². The van der Waals surface area contributed by atoms with Gasteiger partial charge < -0.3 is 15.4 Å². The van der Waals surface area contributed by atoms with Crippen LogP contribution in [0.25, 0.3) is 0 Å². The zero-order valence-corrected chi connectivity index (χ0v) is 11.7. The molecule has 1 aliphatic carbocycles. The maximum absolute atomic E-state index is 12.2. The summed E-state index contributed by atoms with van der Waals surface area (Å²) < 4.78 is 5.01. The summed E-state index contributed by atoms with van der Waals surface area (Å²) in [5.41, 5.74) is 5.57. The molecule has 0 saturated heterocycles. The van der Waals surface area contributed by atoms with Crippen LogP contribution < -0.4 is 5.73 Å². The van der Waals surface area contributed by atoms with Gasteiger partial charge in [0.1, 0.15) is 0 Å². The Hall–Kier alpha value is -0.610. The molecule has 0 aromatic heterocycles. The molecule has 1 saturated carbocycles. The summed E-state index contributed by atoms with van der Waals surface area (Å²) in [5.74, 6) is 0.234. The Kier molecular flexibility index (Phi) is 8.01. The van der Waals surface area contributed by atoms with Crippen LogP contribution >= 0.6 is 0 Å². The Bertz CT molecular complexity index is 226. The quantitative estimate of drug-likeness (QED) is 0.708. The predicted molar refractivity (Wildman–Crippen MR) is 73.4 cm³/mol. The number of hydrogen-bond donors (Lipinski definition) is 1. The van der Waals surface area contributed by atoms with Gasteiger partial charge in [-0.25, -0.2) is 0 Å². The minimum absolute atomic E-state index is 0.234. The van der Waals surface area contributed by atoms with Gasteiger partial charge in [0.2, 0.25) is 5.91 Å². The van der Waals surface area contributed by atoms with Crippen LogP contribution in [0.15, 0.2) is 0 Å². The molecule has 106 valence electrons. The summed E-state index contributed by atoms with van der Waals surface area (Å²) in [4.78, 5) is 14.3. The number of ether oxygens (including phenoxy) is 1. The molecular formula is C14H28N2O2. The molecule has 0 spiro atoms. The lowest BCUT2D eigenvalue weighted by molar-refractivity contribution is -0.134. The maximum Gasteiger partial charge on any atom is 0.225 e.